The first kappa shape index (κ1) is 14.1. The minimum Gasteiger partial charge on any atom is -0.506 e. The van der Waals surface area contributed by atoms with Crippen LogP contribution in [0.2, 0.25) is 0 Å². The van der Waals surface area contributed by atoms with E-state index < -0.39 is 6.10 Å². The monoisotopic (exact) mass is 271 g/mol. The fourth-order valence-corrected chi connectivity index (χ4v) is 1.97. The van der Waals surface area contributed by atoms with E-state index >= 15 is 0 Å². The molecular weight excluding hydrogens is 254 g/mol. The van der Waals surface area contributed by atoms with Gasteiger partial charge in [0, 0.05) is 7.11 Å². The van der Waals surface area contributed by atoms with Gasteiger partial charge >= 0.3 is 0 Å². The average molecular weight is 271 g/mol. The first-order valence-corrected chi connectivity index (χ1v) is 6.30. The molecule has 4 nitrogen and oxygen atoms in total. The summed E-state index contributed by atoms with van der Waals surface area (Å²) in [6.45, 7) is 1.87. The van der Waals surface area contributed by atoms with Gasteiger partial charge in [-0.05, 0) is 30.2 Å². The molecule has 1 atom stereocenters. The number of anilines is 1. The molecule has 0 aliphatic heterocycles. The van der Waals surface area contributed by atoms with E-state index in [1.54, 1.807) is 12.1 Å². The van der Waals surface area contributed by atoms with Gasteiger partial charge in [0.05, 0.1) is 5.69 Å². The molecule has 0 aromatic heterocycles. The lowest BCUT2D eigenvalue weighted by atomic mass is 10.1. The number of carbonyl (C=O) groups is 1. The highest BCUT2D eigenvalue weighted by atomic mass is 16.5. The zero-order valence-electron chi connectivity index (χ0n) is 11.5. The zero-order valence-corrected chi connectivity index (χ0v) is 11.5. The molecule has 0 saturated heterocycles. The Bertz CT molecular complexity index is 596. The van der Waals surface area contributed by atoms with Gasteiger partial charge < -0.3 is 15.2 Å². The summed E-state index contributed by atoms with van der Waals surface area (Å²) in [7, 11) is 1.48. The first-order chi connectivity index (χ1) is 9.61. The van der Waals surface area contributed by atoms with Crippen molar-refractivity contribution in [2.75, 3.05) is 12.4 Å². The number of nitrogens with one attached hydrogen (secondary N) is 1. The molecule has 0 fully saturated rings. The first-order valence-electron chi connectivity index (χ1n) is 6.30. The number of amides is 1. The van der Waals surface area contributed by atoms with Gasteiger partial charge in [-0.2, -0.15) is 0 Å². The maximum atomic E-state index is 12.2. The van der Waals surface area contributed by atoms with Crippen molar-refractivity contribution in [1.82, 2.24) is 0 Å². The predicted molar refractivity (Wildman–Crippen MR) is 77.7 cm³/mol. The van der Waals surface area contributed by atoms with E-state index in [0.717, 1.165) is 11.1 Å². The summed E-state index contributed by atoms with van der Waals surface area (Å²) in [5.41, 5.74) is 2.06. The highest BCUT2D eigenvalue weighted by Crippen LogP contribution is 2.26. The van der Waals surface area contributed by atoms with Crippen molar-refractivity contribution in [3.05, 3.63) is 59.7 Å². The number of rotatable bonds is 4. The van der Waals surface area contributed by atoms with Crippen LogP contribution in [0.25, 0.3) is 0 Å². The second-order valence-corrected chi connectivity index (χ2v) is 4.54. The van der Waals surface area contributed by atoms with E-state index in [-0.39, 0.29) is 11.7 Å². The molecule has 104 valence electrons. The number of aryl methyl sites for hydroxylation is 1. The van der Waals surface area contributed by atoms with Gasteiger partial charge in [0.15, 0.2) is 6.10 Å². The smallest absolute Gasteiger partial charge is 0.258 e. The van der Waals surface area contributed by atoms with Crippen molar-refractivity contribution in [3.63, 3.8) is 0 Å². The maximum absolute atomic E-state index is 12.2. The summed E-state index contributed by atoms with van der Waals surface area (Å²) >= 11 is 0. The molecule has 1 unspecified atom stereocenters. The second kappa shape index (κ2) is 6.21. The van der Waals surface area contributed by atoms with Crippen molar-refractivity contribution >= 4 is 11.6 Å². The fraction of sp³-hybridized carbons (Fsp3) is 0.188. The van der Waals surface area contributed by atoms with E-state index in [2.05, 4.69) is 5.32 Å². The van der Waals surface area contributed by atoms with Crippen LogP contribution in [0, 0.1) is 6.92 Å². The van der Waals surface area contributed by atoms with E-state index in [1.807, 2.05) is 43.3 Å². The summed E-state index contributed by atoms with van der Waals surface area (Å²) in [4.78, 5) is 12.2. The average Bonchev–Trinajstić information content (AvgIpc) is 2.44. The molecule has 0 heterocycles. The fourth-order valence-electron chi connectivity index (χ4n) is 1.97. The van der Waals surface area contributed by atoms with Gasteiger partial charge in [-0.15, -0.1) is 0 Å². The Morgan fingerprint density at radius 1 is 1.20 bits per heavy atom. The molecule has 0 radical (unpaired) electrons. The van der Waals surface area contributed by atoms with Crippen LogP contribution in [0.5, 0.6) is 5.75 Å². The minimum atomic E-state index is -0.711. The molecular formula is C16H17NO3. The highest BCUT2D eigenvalue weighted by molar-refractivity contribution is 5.96. The van der Waals surface area contributed by atoms with E-state index in [0.29, 0.717) is 5.69 Å². The van der Waals surface area contributed by atoms with Gasteiger partial charge in [-0.25, -0.2) is 0 Å². The molecule has 2 rings (SSSR count). The van der Waals surface area contributed by atoms with Gasteiger partial charge in [0.2, 0.25) is 0 Å². The summed E-state index contributed by atoms with van der Waals surface area (Å²) in [5, 5.41) is 12.5. The second-order valence-electron chi connectivity index (χ2n) is 4.54. The summed E-state index contributed by atoms with van der Waals surface area (Å²) in [6, 6.07) is 14.3. The lowest BCUT2D eigenvalue weighted by Crippen LogP contribution is -2.22. The predicted octanol–water partition coefficient (Wildman–Crippen LogP) is 3.03. The Balaban J connectivity index is 2.18. The van der Waals surface area contributed by atoms with Gasteiger partial charge in [0.1, 0.15) is 5.75 Å². The van der Waals surface area contributed by atoms with E-state index in [4.69, 9.17) is 4.74 Å². The Morgan fingerprint density at radius 2 is 1.90 bits per heavy atom. The highest BCUT2D eigenvalue weighted by Gasteiger charge is 2.20. The number of benzene rings is 2. The van der Waals surface area contributed by atoms with Crippen LogP contribution in [0.1, 0.15) is 17.2 Å². The number of ether oxygens (including phenoxy) is 1. The van der Waals surface area contributed by atoms with Gasteiger partial charge in [0.25, 0.3) is 5.91 Å². The molecule has 0 bridgehead atoms. The molecule has 0 aliphatic rings. The Hall–Kier alpha value is -2.33. The van der Waals surface area contributed by atoms with Crippen LogP contribution in [0.3, 0.4) is 0 Å². The molecule has 20 heavy (non-hydrogen) atoms. The Morgan fingerprint density at radius 3 is 2.50 bits per heavy atom. The molecule has 2 N–H and O–H groups in total. The standard InChI is InChI=1S/C16H17NO3/c1-11-8-9-13(14(18)10-11)17-16(19)15(20-2)12-6-4-3-5-7-12/h3-10,15,18H,1-2H3,(H,17,19). The molecule has 0 saturated carbocycles. The van der Waals surface area contributed by atoms with Crippen molar-refractivity contribution in [3.8, 4) is 5.75 Å². The van der Waals surface area contributed by atoms with E-state index in [9.17, 15) is 9.90 Å². The molecule has 4 heteroatoms. The molecule has 0 aliphatic carbocycles. The minimum absolute atomic E-state index is 0.0428. The number of aromatic hydroxyl groups is 1. The van der Waals surface area contributed by atoms with Crippen LogP contribution in [-0.4, -0.2) is 18.1 Å². The number of phenolic OH excluding ortho intramolecular Hbond substituents is 1. The number of hydrogen-bond donors (Lipinski definition) is 2. The van der Waals surface area contributed by atoms with Gasteiger partial charge in [-0.1, -0.05) is 36.4 Å². The molecule has 2 aromatic carbocycles. The number of phenols is 1. The summed E-state index contributed by atoms with van der Waals surface area (Å²) < 4.78 is 5.24. The van der Waals surface area contributed by atoms with Crippen LogP contribution < -0.4 is 5.32 Å². The third-order valence-electron chi connectivity index (χ3n) is 2.99. The number of carbonyl (C=O) groups excluding carboxylic acids is 1. The van der Waals surface area contributed by atoms with Crippen molar-refractivity contribution in [1.29, 1.82) is 0 Å². The molecule has 0 spiro atoms. The zero-order chi connectivity index (χ0) is 14.5. The van der Waals surface area contributed by atoms with Crippen molar-refractivity contribution < 1.29 is 14.6 Å². The van der Waals surface area contributed by atoms with Crippen LogP contribution in [0.15, 0.2) is 48.5 Å². The van der Waals surface area contributed by atoms with E-state index in [1.165, 1.54) is 7.11 Å². The van der Waals surface area contributed by atoms with Crippen molar-refractivity contribution in [2.45, 2.75) is 13.0 Å². The third-order valence-corrected chi connectivity index (χ3v) is 2.99. The molecule has 2 aromatic rings. The van der Waals surface area contributed by atoms with Crippen LogP contribution in [0.4, 0.5) is 5.69 Å². The Kier molecular flexibility index (Phi) is 4.38. The normalized spacial score (nSPS) is 11.9. The quantitative estimate of drug-likeness (QED) is 0.840. The van der Waals surface area contributed by atoms with Gasteiger partial charge in [-0.3, -0.25) is 4.79 Å². The third kappa shape index (κ3) is 3.16. The lowest BCUT2D eigenvalue weighted by molar-refractivity contribution is -0.126. The topological polar surface area (TPSA) is 58.6 Å². The Labute approximate surface area is 118 Å². The van der Waals surface area contributed by atoms with Crippen LogP contribution in [-0.2, 0) is 9.53 Å². The van der Waals surface area contributed by atoms with Crippen molar-refractivity contribution in [2.24, 2.45) is 0 Å². The lowest BCUT2D eigenvalue weighted by Gasteiger charge is -2.16. The largest absolute Gasteiger partial charge is 0.506 e. The number of methoxy groups -OCH3 is 1. The SMILES string of the molecule is COC(C(=O)Nc1ccc(C)cc1O)c1ccccc1. The maximum Gasteiger partial charge on any atom is 0.258 e. The molecule has 1 amide bonds. The number of hydrogen-bond acceptors (Lipinski definition) is 3. The summed E-state index contributed by atoms with van der Waals surface area (Å²) in [6.07, 6.45) is -0.711. The summed E-state index contributed by atoms with van der Waals surface area (Å²) in [5.74, 6) is -0.279. The van der Waals surface area contributed by atoms with Crippen LogP contribution >= 0.6 is 0 Å².